The number of aromatic carboxylic acids is 1. The highest BCUT2D eigenvalue weighted by Crippen LogP contribution is 2.16. The molecule has 1 aromatic carbocycles. The van der Waals surface area contributed by atoms with E-state index in [1.807, 2.05) is 0 Å². The van der Waals surface area contributed by atoms with Crippen LogP contribution in [-0.2, 0) is 0 Å². The van der Waals surface area contributed by atoms with E-state index in [1.54, 1.807) is 12.1 Å². The van der Waals surface area contributed by atoms with Gasteiger partial charge in [-0.3, -0.25) is 4.79 Å². The van der Waals surface area contributed by atoms with E-state index in [0.717, 1.165) is 0 Å². The molecule has 0 radical (unpaired) electrons. The number of carbonyl (C=O) groups is 2. The molecular formula is C10H8N4O4. The number of carbonyl (C=O) groups excluding carboxylic acids is 1. The molecule has 0 saturated carbocycles. The second-order valence-corrected chi connectivity index (χ2v) is 3.30. The molecule has 4 N–H and O–H groups in total. The lowest BCUT2D eigenvalue weighted by Gasteiger charge is -2.06. The van der Waals surface area contributed by atoms with Crippen LogP contribution >= 0.6 is 0 Å². The van der Waals surface area contributed by atoms with E-state index in [9.17, 15) is 9.59 Å². The van der Waals surface area contributed by atoms with Crippen molar-refractivity contribution in [3.8, 4) is 0 Å². The topological polar surface area (TPSA) is 131 Å². The summed E-state index contributed by atoms with van der Waals surface area (Å²) in [6, 6.07) is 5.95. The maximum Gasteiger partial charge on any atom is 0.337 e. The third-order valence-corrected chi connectivity index (χ3v) is 2.13. The molecular weight excluding hydrogens is 240 g/mol. The Morgan fingerprint density at radius 2 is 2.00 bits per heavy atom. The standard InChI is InChI=1S/C10H8N4O4/c11-8-7(13-18-14-8)9(15)12-6-4-2-1-3-5(6)10(16)17/h1-4H,(H2,11,14)(H,12,15)(H,16,17). The molecule has 8 nitrogen and oxygen atoms in total. The fraction of sp³-hybridized carbons (Fsp3) is 0. The molecule has 0 aliphatic rings. The Balaban J connectivity index is 2.28. The number of carboxylic acids is 1. The van der Waals surface area contributed by atoms with Crippen LogP contribution in [-0.4, -0.2) is 27.3 Å². The third kappa shape index (κ3) is 2.12. The molecule has 2 rings (SSSR count). The summed E-state index contributed by atoms with van der Waals surface area (Å²) in [5.74, 6) is -2.01. The smallest absolute Gasteiger partial charge is 0.337 e. The molecule has 92 valence electrons. The van der Waals surface area contributed by atoms with Crippen LogP contribution in [0.5, 0.6) is 0 Å². The SMILES string of the molecule is Nc1nonc1C(=O)Nc1ccccc1C(=O)O. The Labute approximate surface area is 100 Å². The van der Waals surface area contributed by atoms with Crippen molar-refractivity contribution in [3.63, 3.8) is 0 Å². The minimum atomic E-state index is -1.16. The van der Waals surface area contributed by atoms with Crippen LogP contribution in [0.15, 0.2) is 28.9 Å². The highest BCUT2D eigenvalue weighted by atomic mass is 16.6. The number of amides is 1. The number of anilines is 2. The van der Waals surface area contributed by atoms with Crippen molar-refractivity contribution in [1.82, 2.24) is 10.3 Å². The van der Waals surface area contributed by atoms with Gasteiger partial charge in [-0.2, -0.15) is 0 Å². The van der Waals surface area contributed by atoms with Gasteiger partial charge in [0.1, 0.15) is 0 Å². The van der Waals surface area contributed by atoms with Crippen molar-refractivity contribution in [2.75, 3.05) is 11.1 Å². The Morgan fingerprint density at radius 1 is 1.28 bits per heavy atom. The predicted octanol–water partition coefficient (Wildman–Crippen LogP) is 0.602. The summed E-state index contributed by atoms with van der Waals surface area (Å²) in [4.78, 5) is 22.7. The van der Waals surface area contributed by atoms with Crippen molar-refractivity contribution < 1.29 is 19.3 Å². The summed E-state index contributed by atoms with van der Waals surface area (Å²) in [6.07, 6.45) is 0. The summed E-state index contributed by atoms with van der Waals surface area (Å²) in [5.41, 5.74) is 5.25. The minimum absolute atomic E-state index is 0.0409. The van der Waals surface area contributed by atoms with E-state index < -0.39 is 11.9 Å². The van der Waals surface area contributed by atoms with Crippen molar-refractivity contribution in [1.29, 1.82) is 0 Å². The molecule has 1 amide bonds. The molecule has 0 saturated heterocycles. The number of hydrogen-bond donors (Lipinski definition) is 3. The normalized spacial score (nSPS) is 10.0. The summed E-state index contributed by atoms with van der Waals surface area (Å²) < 4.78 is 4.28. The number of nitrogens with zero attached hydrogens (tertiary/aromatic N) is 2. The summed E-state index contributed by atoms with van der Waals surface area (Å²) in [7, 11) is 0. The number of rotatable bonds is 3. The van der Waals surface area contributed by atoms with Gasteiger partial charge in [-0.25, -0.2) is 9.42 Å². The molecule has 1 aromatic heterocycles. The summed E-state index contributed by atoms with van der Waals surface area (Å²) in [6.45, 7) is 0. The first-order valence-corrected chi connectivity index (χ1v) is 4.81. The van der Waals surface area contributed by atoms with E-state index in [1.165, 1.54) is 12.1 Å². The number of nitrogen functional groups attached to an aromatic ring is 1. The van der Waals surface area contributed by atoms with Crippen LogP contribution in [0.1, 0.15) is 20.8 Å². The fourth-order valence-electron chi connectivity index (χ4n) is 1.31. The molecule has 2 aromatic rings. The molecule has 0 unspecified atom stereocenters. The lowest BCUT2D eigenvalue weighted by Crippen LogP contribution is -2.16. The third-order valence-electron chi connectivity index (χ3n) is 2.13. The van der Waals surface area contributed by atoms with Crippen molar-refractivity contribution >= 4 is 23.4 Å². The zero-order chi connectivity index (χ0) is 13.1. The number of nitrogens with two attached hydrogens (primary N) is 1. The van der Waals surface area contributed by atoms with E-state index in [-0.39, 0.29) is 22.8 Å². The Morgan fingerprint density at radius 3 is 2.61 bits per heavy atom. The quantitative estimate of drug-likeness (QED) is 0.724. The first kappa shape index (κ1) is 11.6. The van der Waals surface area contributed by atoms with Crippen molar-refractivity contribution in [3.05, 3.63) is 35.5 Å². The molecule has 0 atom stereocenters. The summed E-state index contributed by atoms with van der Waals surface area (Å²) >= 11 is 0. The second kappa shape index (κ2) is 4.53. The van der Waals surface area contributed by atoms with E-state index in [0.29, 0.717) is 0 Å². The molecule has 1 heterocycles. The number of hydrogen-bond acceptors (Lipinski definition) is 6. The molecule has 0 fully saturated rings. The van der Waals surface area contributed by atoms with E-state index in [2.05, 4.69) is 20.3 Å². The van der Waals surface area contributed by atoms with Crippen molar-refractivity contribution in [2.45, 2.75) is 0 Å². The lowest BCUT2D eigenvalue weighted by molar-refractivity contribution is 0.0698. The van der Waals surface area contributed by atoms with Gasteiger partial charge in [0.2, 0.25) is 11.5 Å². The van der Waals surface area contributed by atoms with Gasteiger partial charge in [-0.05, 0) is 22.4 Å². The second-order valence-electron chi connectivity index (χ2n) is 3.30. The van der Waals surface area contributed by atoms with E-state index >= 15 is 0 Å². The molecule has 0 aliphatic heterocycles. The van der Waals surface area contributed by atoms with Gasteiger partial charge in [-0.15, -0.1) is 0 Å². The van der Waals surface area contributed by atoms with Gasteiger partial charge in [0.25, 0.3) is 5.91 Å². The highest BCUT2D eigenvalue weighted by Gasteiger charge is 2.18. The number of carboxylic acid groups (broad SMARTS) is 1. The van der Waals surface area contributed by atoms with Crippen molar-refractivity contribution in [2.24, 2.45) is 0 Å². The highest BCUT2D eigenvalue weighted by molar-refractivity contribution is 6.08. The maximum atomic E-state index is 11.7. The number of para-hydroxylation sites is 1. The number of aromatic nitrogens is 2. The van der Waals surface area contributed by atoms with Gasteiger partial charge >= 0.3 is 5.97 Å². The monoisotopic (exact) mass is 248 g/mol. The van der Waals surface area contributed by atoms with Crippen LogP contribution in [0.3, 0.4) is 0 Å². The Kier molecular flexibility index (Phi) is 2.92. The molecule has 8 heteroatoms. The average Bonchev–Trinajstić information content (AvgIpc) is 2.76. The average molecular weight is 248 g/mol. The van der Waals surface area contributed by atoms with Crippen LogP contribution in [0.4, 0.5) is 11.5 Å². The lowest BCUT2D eigenvalue weighted by atomic mass is 10.2. The Bertz CT molecular complexity index is 607. The van der Waals surface area contributed by atoms with Gasteiger partial charge < -0.3 is 16.2 Å². The van der Waals surface area contributed by atoms with Gasteiger partial charge in [0.05, 0.1) is 11.3 Å². The maximum absolute atomic E-state index is 11.7. The van der Waals surface area contributed by atoms with Crippen LogP contribution in [0.2, 0.25) is 0 Å². The van der Waals surface area contributed by atoms with Crippen LogP contribution in [0, 0.1) is 0 Å². The predicted molar refractivity (Wildman–Crippen MR) is 60.1 cm³/mol. The fourth-order valence-corrected chi connectivity index (χ4v) is 1.31. The first-order valence-electron chi connectivity index (χ1n) is 4.81. The van der Waals surface area contributed by atoms with Gasteiger partial charge in [-0.1, -0.05) is 12.1 Å². The van der Waals surface area contributed by atoms with Crippen LogP contribution in [0.25, 0.3) is 0 Å². The number of nitrogens with one attached hydrogen (secondary N) is 1. The molecule has 18 heavy (non-hydrogen) atoms. The van der Waals surface area contributed by atoms with Gasteiger partial charge in [0, 0.05) is 0 Å². The molecule has 0 aliphatic carbocycles. The Hall–Kier alpha value is -2.90. The van der Waals surface area contributed by atoms with Crippen LogP contribution < -0.4 is 11.1 Å². The minimum Gasteiger partial charge on any atom is -0.478 e. The summed E-state index contributed by atoms with van der Waals surface area (Å²) in [5, 5.41) is 17.9. The number of benzene rings is 1. The molecule has 0 bridgehead atoms. The largest absolute Gasteiger partial charge is 0.478 e. The van der Waals surface area contributed by atoms with Gasteiger partial charge in [0.15, 0.2) is 0 Å². The zero-order valence-electron chi connectivity index (χ0n) is 8.95. The zero-order valence-corrected chi connectivity index (χ0v) is 8.95. The first-order chi connectivity index (χ1) is 8.59. The molecule has 0 spiro atoms. The van der Waals surface area contributed by atoms with E-state index in [4.69, 9.17) is 10.8 Å².